The van der Waals surface area contributed by atoms with Gasteiger partial charge in [0.15, 0.2) is 5.82 Å². The molecule has 17 heavy (non-hydrogen) atoms. The minimum Gasteiger partial charge on any atom is -0.594 e. The van der Waals surface area contributed by atoms with Crippen molar-refractivity contribution in [2.45, 2.75) is 6.92 Å². The molecular weight excluding hydrogens is 220 g/mol. The van der Waals surface area contributed by atoms with Crippen molar-refractivity contribution in [2.75, 3.05) is 5.43 Å². The lowest BCUT2D eigenvalue weighted by Crippen LogP contribution is -2.34. The van der Waals surface area contributed by atoms with Crippen molar-refractivity contribution >= 4 is 22.4 Å². The number of aryl methyl sites for hydroxylation is 1. The second-order valence-electron chi connectivity index (χ2n) is 3.78. The molecule has 0 aliphatic carbocycles. The van der Waals surface area contributed by atoms with Crippen LogP contribution in [0.15, 0.2) is 24.3 Å². The van der Waals surface area contributed by atoms with Gasteiger partial charge < -0.3 is 10.6 Å². The predicted molar refractivity (Wildman–Crippen MR) is 62.0 cm³/mol. The number of nitrogen functional groups attached to an aromatic ring is 1. The zero-order chi connectivity index (χ0) is 12.0. The zero-order valence-electron chi connectivity index (χ0n) is 9.08. The van der Waals surface area contributed by atoms with Crippen molar-refractivity contribution in [1.29, 1.82) is 0 Å². The van der Waals surface area contributed by atoms with Gasteiger partial charge in [-0.05, 0) is 18.2 Å². The number of rotatable bonds is 1. The van der Waals surface area contributed by atoms with Crippen LogP contribution in [0.4, 0.5) is 5.82 Å². The molecule has 0 aromatic carbocycles. The van der Waals surface area contributed by atoms with Gasteiger partial charge in [0.05, 0.1) is 5.52 Å². The van der Waals surface area contributed by atoms with Gasteiger partial charge in [-0.3, -0.25) is 0 Å². The van der Waals surface area contributed by atoms with Gasteiger partial charge in [0, 0.05) is 23.5 Å². The molecule has 0 fully saturated rings. The maximum absolute atomic E-state index is 11.5. The summed E-state index contributed by atoms with van der Waals surface area (Å²) in [4.78, 5) is 0.582. The second kappa shape index (κ2) is 3.29. The maximum Gasteiger partial charge on any atom is 0.230 e. The Morgan fingerprint density at radius 3 is 3.00 bits per heavy atom. The summed E-state index contributed by atoms with van der Waals surface area (Å²) in [6, 6.07) is 7.31. The molecule has 3 aromatic heterocycles. The van der Waals surface area contributed by atoms with Crippen LogP contribution in [-0.4, -0.2) is 14.7 Å². The molecule has 3 heterocycles. The Morgan fingerprint density at radius 1 is 1.41 bits per heavy atom. The summed E-state index contributed by atoms with van der Waals surface area (Å²) >= 11 is 0. The number of fused-ring (bicyclic) bond motifs is 3. The molecule has 0 radical (unpaired) electrons. The fraction of sp³-hybridized carbons (Fsp3) is 0.100. The summed E-state index contributed by atoms with van der Waals surface area (Å²) in [6.45, 7) is 1.71. The molecule has 0 spiro atoms. The molecule has 3 aromatic rings. The van der Waals surface area contributed by atoms with Crippen molar-refractivity contribution in [1.82, 2.24) is 14.7 Å². The first-order valence-electron chi connectivity index (χ1n) is 5.05. The Bertz CT molecular complexity index is 719. The molecule has 3 rings (SSSR count). The number of hydrazine groups is 1. The maximum atomic E-state index is 11.5. The topological polar surface area (TPSA) is 95.2 Å². The van der Waals surface area contributed by atoms with Crippen LogP contribution in [0.1, 0.15) is 5.69 Å². The van der Waals surface area contributed by atoms with Crippen molar-refractivity contribution in [3.05, 3.63) is 35.2 Å². The van der Waals surface area contributed by atoms with E-state index in [4.69, 9.17) is 5.84 Å². The molecule has 0 amide bonds. The van der Waals surface area contributed by atoms with E-state index >= 15 is 0 Å². The van der Waals surface area contributed by atoms with Gasteiger partial charge in [-0.25, -0.2) is 10.4 Å². The van der Waals surface area contributed by atoms with Gasteiger partial charge in [0.25, 0.3) is 0 Å². The SMILES string of the molecule is Cc1cc2cc3ccc(NN)nn3c2n[n+]1[O-]. The highest BCUT2D eigenvalue weighted by Gasteiger charge is 2.11. The normalized spacial score (nSPS) is 11.2. The molecule has 86 valence electrons. The number of hydrogen-bond donors (Lipinski definition) is 2. The highest BCUT2D eigenvalue weighted by atomic mass is 16.5. The molecule has 0 saturated heterocycles. The number of nitrogens with zero attached hydrogens (tertiary/aromatic N) is 4. The first kappa shape index (κ1) is 9.79. The summed E-state index contributed by atoms with van der Waals surface area (Å²) in [5, 5.41) is 20.5. The first-order chi connectivity index (χ1) is 8.19. The van der Waals surface area contributed by atoms with Crippen LogP contribution in [0.5, 0.6) is 0 Å². The minimum atomic E-state index is 0.509. The van der Waals surface area contributed by atoms with Gasteiger partial charge in [-0.1, -0.05) is 4.85 Å². The van der Waals surface area contributed by atoms with E-state index in [1.165, 1.54) is 0 Å². The van der Waals surface area contributed by atoms with Crippen LogP contribution in [-0.2, 0) is 0 Å². The van der Waals surface area contributed by atoms with E-state index in [-0.39, 0.29) is 0 Å². The first-order valence-corrected chi connectivity index (χ1v) is 5.05. The molecule has 0 aliphatic heterocycles. The van der Waals surface area contributed by atoms with Gasteiger partial charge in [0.1, 0.15) is 0 Å². The number of aromatic nitrogens is 4. The Kier molecular flexibility index (Phi) is 1.89. The fourth-order valence-corrected chi connectivity index (χ4v) is 1.79. The summed E-state index contributed by atoms with van der Waals surface area (Å²) < 4.78 is 1.58. The lowest BCUT2D eigenvalue weighted by Gasteiger charge is -2.00. The van der Waals surface area contributed by atoms with Gasteiger partial charge in [-0.2, -0.15) is 0 Å². The second-order valence-corrected chi connectivity index (χ2v) is 3.78. The lowest BCUT2D eigenvalue weighted by atomic mass is 10.3. The van der Waals surface area contributed by atoms with E-state index in [2.05, 4.69) is 15.6 Å². The molecule has 0 bridgehead atoms. The highest BCUT2D eigenvalue weighted by molar-refractivity contribution is 5.83. The van der Waals surface area contributed by atoms with Crippen molar-refractivity contribution < 1.29 is 4.85 Å². The number of anilines is 1. The summed E-state index contributed by atoms with van der Waals surface area (Å²) in [6.07, 6.45) is 0. The summed E-state index contributed by atoms with van der Waals surface area (Å²) in [5.41, 5.74) is 4.37. The van der Waals surface area contributed by atoms with Crippen LogP contribution in [0.3, 0.4) is 0 Å². The van der Waals surface area contributed by atoms with E-state index in [0.29, 0.717) is 22.0 Å². The molecule has 3 N–H and O–H groups in total. The lowest BCUT2D eigenvalue weighted by molar-refractivity contribution is -0.672. The van der Waals surface area contributed by atoms with Gasteiger partial charge >= 0.3 is 0 Å². The van der Waals surface area contributed by atoms with Gasteiger partial charge in [0.2, 0.25) is 11.3 Å². The van der Waals surface area contributed by atoms with E-state index in [0.717, 1.165) is 10.9 Å². The Labute approximate surface area is 96.0 Å². The van der Waals surface area contributed by atoms with E-state index in [9.17, 15) is 5.21 Å². The number of hydrogen-bond acceptors (Lipinski definition) is 5. The van der Waals surface area contributed by atoms with E-state index in [1.54, 1.807) is 23.6 Å². The average molecular weight is 230 g/mol. The minimum absolute atomic E-state index is 0.509. The van der Waals surface area contributed by atoms with Crippen molar-refractivity contribution in [2.24, 2.45) is 5.84 Å². The highest BCUT2D eigenvalue weighted by Crippen LogP contribution is 2.17. The average Bonchev–Trinajstić information content (AvgIpc) is 2.67. The smallest absolute Gasteiger partial charge is 0.230 e. The molecule has 0 aliphatic rings. The monoisotopic (exact) mass is 230 g/mol. The third kappa shape index (κ3) is 1.36. The Morgan fingerprint density at radius 2 is 2.24 bits per heavy atom. The number of nitrogens with one attached hydrogen (secondary N) is 1. The van der Waals surface area contributed by atoms with E-state index < -0.39 is 0 Å². The third-order valence-electron chi connectivity index (χ3n) is 2.63. The molecule has 0 saturated carbocycles. The number of nitrogens with two attached hydrogens (primary N) is 1. The van der Waals surface area contributed by atoms with Crippen LogP contribution in [0.2, 0.25) is 0 Å². The molecule has 7 nitrogen and oxygen atoms in total. The predicted octanol–water partition coefficient (Wildman–Crippen LogP) is 0.110. The quantitative estimate of drug-likeness (QED) is 0.268. The Balaban J connectivity index is 2.44. The summed E-state index contributed by atoms with van der Waals surface area (Å²) in [7, 11) is 0. The standard InChI is InChI=1S/C10H10N6O/c1-6-4-7-5-8-2-3-9(12-11)13-15(8)10(7)14-16(6)17/h2-5H,11H2,1H3,(H,12,13). The van der Waals surface area contributed by atoms with Gasteiger partial charge in [-0.15, -0.1) is 5.10 Å². The molecule has 0 atom stereocenters. The van der Waals surface area contributed by atoms with Crippen LogP contribution >= 0.6 is 0 Å². The third-order valence-corrected chi connectivity index (χ3v) is 2.63. The Hall–Kier alpha value is -2.41. The van der Waals surface area contributed by atoms with E-state index in [1.807, 2.05) is 12.1 Å². The fourth-order valence-electron chi connectivity index (χ4n) is 1.79. The van der Waals surface area contributed by atoms with Crippen LogP contribution < -0.4 is 16.1 Å². The summed E-state index contributed by atoms with van der Waals surface area (Å²) in [5.74, 6) is 5.80. The molecule has 0 unspecified atom stereocenters. The van der Waals surface area contributed by atoms with Crippen molar-refractivity contribution in [3.63, 3.8) is 0 Å². The molecular formula is C10H10N6O. The zero-order valence-corrected chi connectivity index (χ0v) is 9.08. The van der Waals surface area contributed by atoms with Crippen LogP contribution in [0, 0.1) is 12.1 Å². The largest absolute Gasteiger partial charge is 0.594 e. The van der Waals surface area contributed by atoms with Crippen LogP contribution in [0.25, 0.3) is 16.6 Å². The molecule has 7 heteroatoms. The van der Waals surface area contributed by atoms with Crippen molar-refractivity contribution in [3.8, 4) is 0 Å².